The van der Waals surface area contributed by atoms with E-state index in [-0.39, 0.29) is 22.7 Å². The Labute approximate surface area is 171 Å². The summed E-state index contributed by atoms with van der Waals surface area (Å²) in [6.45, 7) is 0. The molecule has 0 atom stereocenters. The van der Waals surface area contributed by atoms with E-state index in [1.165, 1.54) is 17.9 Å². The highest BCUT2D eigenvalue weighted by Crippen LogP contribution is 2.26. The minimum atomic E-state index is -0.675. The van der Waals surface area contributed by atoms with Crippen LogP contribution < -0.4 is 11.1 Å². The van der Waals surface area contributed by atoms with E-state index in [0.29, 0.717) is 17.0 Å². The Balaban J connectivity index is 1.67. The molecular weight excluding hydrogens is 384 g/mol. The Morgan fingerprint density at radius 3 is 2.70 bits per heavy atom. The molecule has 0 aliphatic rings. The average molecular weight is 400 g/mol. The van der Waals surface area contributed by atoms with Crippen molar-refractivity contribution in [3.8, 4) is 11.8 Å². The smallest absolute Gasteiger partial charge is 0.357 e. The number of amides is 1. The number of methoxy groups -OCH3 is 1. The molecule has 0 aliphatic carbocycles. The van der Waals surface area contributed by atoms with Crippen molar-refractivity contribution in [2.75, 3.05) is 18.2 Å². The van der Waals surface area contributed by atoms with Crippen molar-refractivity contribution >= 4 is 34.2 Å². The molecule has 2 aromatic carbocycles. The number of fused-ring (bicyclic) bond motifs is 1. The highest BCUT2D eigenvalue weighted by molar-refractivity contribution is 6.04. The van der Waals surface area contributed by atoms with Crippen molar-refractivity contribution in [1.82, 2.24) is 4.57 Å². The quantitative estimate of drug-likeness (QED) is 0.503. The second-order valence-electron chi connectivity index (χ2n) is 6.43. The largest absolute Gasteiger partial charge is 0.464 e. The van der Waals surface area contributed by atoms with Crippen LogP contribution >= 0.6 is 0 Å². The number of furan rings is 1. The molecule has 0 unspecified atom stereocenters. The number of ether oxygens (including phenoxy) is 1. The number of nitrogens with two attached hydrogens (primary N) is 1. The van der Waals surface area contributed by atoms with Crippen LogP contribution in [-0.2, 0) is 4.74 Å². The molecular formula is C22H16N4O4. The molecule has 3 N–H and O–H groups in total. The lowest BCUT2D eigenvalue weighted by molar-refractivity contribution is 0.0593. The first-order valence-electron chi connectivity index (χ1n) is 8.91. The average Bonchev–Trinajstić information content (AvgIpc) is 3.34. The number of nitrogen functional groups attached to an aromatic ring is 1. The molecule has 2 aromatic heterocycles. The standard InChI is InChI=1S/C22H16N4O4/c1-29-22(28)20-19(24)14(11-23)12-26(20)16-7-4-6-15(10-16)25-21(27)18-9-13-5-2-3-8-17(13)30-18/h2-10,12H,24H2,1H3,(H,25,27). The number of rotatable bonds is 4. The minimum Gasteiger partial charge on any atom is -0.464 e. The minimum absolute atomic E-state index is 0.0288. The van der Waals surface area contributed by atoms with Crippen LogP contribution in [-0.4, -0.2) is 23.6 Å². The molecule has 30 heavy (non-hydrogen) atoms. The van der Waals surface area contributed by atoms with E-state index in [2.05, 4.69) is 5.32 Å². The lowest BCUT2D eigenvalue weighted by Gasteiger charge is -2.10. The van der Waals surface area contributed by atoms with Crippen LogP contribution in [0.2, 0.25) is 0 Å². The van der Waals surface area contributed by atoms with Crippen molar-refractivity contribution < 1.29 is 18.7 Å². The van der Waals surface area contributed by atoms with Gasteiger partial charge in [-0.05, 0) is 30.3 Å². The molecule has 0 saturated heterocycles. The molecule has 0 bridgehead atoms. The fourth-order valence-corrected chi connectivity index (χ4v) is 3.14. The van der Waals surface area contributed by atoms with Gasteiger partial charge in [0.1, 0.15) is 11.7 Å². The van der Waals surface area contributed by atoms with Gasteiger partial charge in [-0.1, -0.05) is 24.3 Å². The summed E-state index contributed by atoms with van der Waals surface area (Å²) in [5.74, 6) is -0.916. The summed E-state index contributed by atoms with van der Waals surface area (Å²) in [6, 6.07) is 17.7. The van der Waals surface area contributed by atoms with Gasteiger partial charge in [-0.2, -0.15) is 5.26 Å². The normalized spacial score (nSPS) is 10.5. The van der Waals surface area contributed by atoms with E-state index in [0.717, 1.165) is 5.39 Å². The molecule has 4 rings (SSSR count). The monoisotopic (exact) mass is 400 g/mol. The fourth-order valence-electron chi connectivity index (χ4n) is 3.14. The number of nitriles is 1. The third-order valence-corrected chi connectivity index (χ3v) is 4.58. The maximum absolute atomic E-state index is 12.6. The molecule has 8 heteroatoms. The predicted molar refractivity (Wildman–Crippen MR) is 110 cm³/mol. The fraction of sp³-hybridized carbons (Fsp3) is 0.0455. The number of carbonyl (C=O) groups is 2. The molecule has 1 amide bonds. The van der Waals surface area contributed by atoms with Gasteiger partial charge in [0.15, 0.2) is 11.5 Å². The zero-order chi connectivity index (χ0) is 21.3. The summed E-state index contributed by atoms with van der Waals surface area (Å²) in [6.07, 6.45) is 1.45. The number of nitrogens with one attached hydrogen (secondary N) is 1. The van der Waals surface area contributed by atoms with Crippen LogP contribution in [0, 0.1) is 11.3 Å². The maximum Gasteiger partial charge on any atom is 0.357 e. The van der Waals surface area contributed by atoms with Gasteiger partial charge in [0.2, 0.25) is 0 Å². The topological polar surface area (TPSA) is 123 Å². The van der Waals surface area contributed by atoms with E-state index >= 15 is 0 Å². The first-order chi connectivity index (χ1) is 14.5. The van der Waals surface area contributed by atoms with E-state index in [4.69, 9.17) is 14.9 Å². The molecule has 0 fully saturated rings. The highest BCUT2D eigenvalue weighted by atomic mass is 16.5. The molecule has 0 aliphatic heterocycles. The van der Waals surface area contributed by atoms with Gasteiger partial charge in [-0.25, -0.2) is 4.79 Å². The first-order valence-corrected chi connectivity index (χ1v) is 8.91. The lowest BCUT2D eigenvalue weighted by Crippen LogP contribution is -2.13. The number of esters is 1. The Kier molecular flexibility index (Phi) is 4.70. The van der Waals surface area contributed by atoms with Crippen LogP contribution in [0.25, 0.3) is 16.7 Å². The third kappa shape index (κ3) is 3.25. The van der Waals surface area contributed by atoms with Crippen molar-refractivity contribution in [3.63, 3.8) is 0 Å². The van der Waals surface area contributed by atoms with E-state index < -0.39 is 11.9 Å². The van der Waals surface area contributed by atoms with Gasteiger partial charge < -0.3 is 24.8 Å². The van der Waals surface area contributed by atoms with Crippen molar-refractivity contribution in [2.24, 2.45) is 0 Å². The van der Waals surface area contributed by atoms with Crippen LogP contribution in [0.4, 0.5) is 11.4 Å². The zero-order valence-corrected chi connectivity index (χ0v) is 15.9. The molecule has 4 aromatic rings. The number of aromatic nitrogens is 1. The number of benzene rings is 2. The third-order valence-electron chi connectivity index (χ3n) is 4.58. The molecule has 0 saturated carbocycles. The van der Waals surface area contributed by atoms with Crippen LogP contribution in [0.3, 0.4) is 0 Å². The van der Waals surface area contributed by atoms with Crippen LogP contribution in [0.5, 0.6) is 0 Å². The summed E-state index contributed by atoms with van der Waals surface area (Å²) < 4.78 is 11.8. The summed E-state index contributed by atoms with van der Waals surface area (Å²) >= 11 is 0. The SMILES string of the molecule is COC(=O)c1c(N)c(C#N)cn1-c1cccc(NC(=O)c2cc3ccccc3o2)c1. The molecule has 0 radical (unpaired) electrons. The van der Waals surface area contributed by atoms with Gasteiger partial charge in [0, 0.05) is 23.0 Å². The molecule has 148 valence electrons. The maximum atomic E-state index is 12.6. The van der Waals surface area contributed by atoms with Crippen LogP contribution in [0.15, 0.2) is 65.2 Å². The van der Waals surface area contributed by atoms with E-state index in [1.807, 2.05) is 24.3 Å². The first kappa shape index (κ1) is 18.8. The van der Waals surface area contributed by atoms with Crippen molar-refractivity contribution in [2.45, 2.75) is 0 Å². The summed E-state index contributed by atoms with van der Waals surface area (Å²) in [5.41, 5.74) is 7.75. The Morgan fingerprint density at radius 1 is 1.17 bits per heavy atom. The Hall–Kier alpha value is -4.51. The number of para-hydroxylation sites is 1. The van der Waals surface area contributed by atoms with Gasteiger partial charge in [-0.3, -0.25) is 4.79 Å². The second-order valence-corrected chi connectivity index (χ2v) is 6.43. The van der Waals surface area contributed by atoms with E-state index in [1.54, 1.807) is 36.4 Å². The highest BCUT2D eigenvalue weighted by Gasteiger charge is 2.22. The van der Waals surface area contributed by atoms with Crippen molar-refractivity contribution in [1.29, 1.82) is 5.26 Å². The van der Waals surface area contributed by atoms with E-state index in [9.17, 15) is 14.9 Å². The molecule has 0 spiro atoms. The van der Waals surface area contributed by atoms with Gasteiger partial charge in [0.05, 0.1) is 18.4 Å². The summed E-state index contributed by atoms with van der Waals surface area (Å²) in [4.78, 5) is 24.8. The number of hydrogen-bond donors (Lipinski definition) is 2. The predicted octanol–water partition coefficient (Wildman–Crippen LogP) is 3.72. The lowest BCUT2D eigenvalue weighted by atomic mass is 10.2. The zero-order valence-electron chi connectivity index (χ0n) is 15.9. The summed E-state index contributed by atoms with van der Waals surface area (Å²) in [5, 5.41) is 12.8. The molecule has 8 nitrogen and oxygen atoms in total. The van der Waals surface area contributed by atoms with Crippen LogP contribution in [0.1, 0.15) is 26.6 Å². The number of carbonyl (C=O) groups excluding carboxylic acids is 2. The van der Waals surface area contributed by atoms with Gasteiger partial charge >= 0.3 is 5.97 Å². The Bertz CT molecular complexity index is 1290. The molecule has 2 heterocycles. The van der Waals surface area contributed by atoms with Gasteiger partial charge in [-0.15, -0.1) is 0 Å². The number of anilines is 2. The second kappa shape index (κ2) is 7.48. The Morgan fingerprint density at radius 2 is 1.97 bits per heavy atom. The van der Waals surface area contributed by atoms with Crippen molar-refractivity contribution in [3.05, 3.63) is 77.8 Å². The number of hydrogen-bond acceptors (Lipinski definition) is 6. The van der Waals surface area contributed by atoms with Gasteiger partial charge in [0.25, 0.3) is 5.91 Å². The summed E-state index contributed by atoms with van der Waals surface area (Å²) in [7, 11) is 1.23. The number of nitrogens with zero attached hydrogens (tertiary/aromatic N) is 2.